The van der Waals surface area contributed by atoms with E-state index in [1.165, 1.54) is 17.8 Å². The van der Waals surface area contributed by atoms with Crippen molar-refractivity contribution in [1.82, 2.24) is 20.1 Å². The number of aromatic nitrogens is 3. The molecule has 0 saturated heterocycles. The second-order valence-electron chi connectivity index (χ2n) is 16.7. The molecule has 3 fully saturated rings. The van der Waals surface area contributed by atoms with Crippen molar-refractivity contribution in [3.8, 4) is 11.1 Å². The highest BCUT2D eigenvalue weighted by Crippen LogP contribution is 2.43. The van der Waals surface area contributed by atoms with Crippen molar-refractivity contribution in [2.24, 2.45) is 17.8 Å². The van der Waals surface area contributed by atoms with Gasteiger partial charge in [0.2, 0.25) is 15.9 Å². The molecular formula is C41H43ClF7N7O5S2. The number of carbonyl (C=O) groups is 1. The minimum atomic E-state index is -5.16. The molecule has 63 heavy (non-hydrogen) atoms. The molecule has 0 bridgehead atoms. The number of allylic oxidation sites excluding steroid dienone is 2. The summed E-state index contributed by atoms with van der Waals surface area (Å²) in [5, 5.41) is 6.29. The van der Waals surface area contributed by atoms with Gasteiger partial charge < -0.3 is 11.1 Å². The molecule has 340 valence electrons. The molecule has 7 rings (SSSR count). The van der Waals surface area contributed by atoms with Gasteiger partial charge in [-0.3, -0.25) is 24.2 Å². The Morgan fingerprint density at radius 1 is 1.00 bits per heavy atom. The van der Waals surface area contributed by atoms with Gasteiger partial charge in [-0.05, 0) is 95.0 Å². The third-order valence-corrected chi connectivity index (χ3v) is 16.7. The Morgan fingerprint density at radius 3 is 2.25 bits per heavy atom. The van der Waals surface area contributed by atoms with E-state index in [4.69, 9.17) is 22.3 Å². The number of amides is 1. The highest BCUT2D eigenvalue weighted by Gasteiger charge is 2.49. The van der Waals surface area contributed by atoms with Gasteiger partial charge in [0.1, 0.15) is 29.6 Å². The number of rotatable bonds is 15. The maximum atomic E-state index is 14.9. The molecule has 4 N–H and O–H groups in total. The standard InChI is InChI=1S/C41H43ClF7N7O5S2/c1-39(2,62(58,59)25-5-6-25)14-12-24-4-9-27(28-10-11-30(42)33-35(28)56(3)54-38(33)55-63(60,61)26-7-8-26)34(52-24)31(18-21-16-22(43)19-23(44)17-21)53-32(57)20-51-37-29(13-15-40(37,45)46)36(50)41(47,48)49/h4,9-11,16-17,19,25-26,31H,5-8,12-15,18,20,50H2,1-3H3,(H,53,57)(H,54,55)/t31-/m0/s1. The molecule has 0 aliphatic heterocycles. The molecule has 4 aromatic rings. The average molecular weight is 946 g/mol. The second kappa shape index (κ2) is 16.7. The molecule has 2 heterocycles. The number of nitrogens with zero attached hydrogens (tertiary/aromatic N) is 4. The normalized spacial score (nSPS) is 19.1. The molecule has 2 aromatic carbocycles. The van der Waals surface area contributed by atoms with Crippen molar-refractivity contribution in [3.63, 3.8) is 0 Å². The molecule has 0 radical (unpaired) electrons. The summed E-state index contributed by atoms with van der Waals surface area (Å²) in [5.74, 6) is -6.95. The van der Waals surface area contributed by atoms with Crippen molar-refractivity contribution >= 4 is 59.8 Å². The monoisotopic (exact) mass is 945 g/mol. The first-order chi connectivity index (χ1) is 29.3. The quantitative estimate of drug-likeness (QED) is 0.101. The van der Waals surface area contributed by atoms with Crippen LogP contribution in [0.5, 0.6) is 0 Å². The average Bonchev–Trinajstić information content (AvgIpc) is 4.11. The van der Waals surface area contributed by atoms with Gasteiger partial charge in [0.25, 0.3) is 5.92 Å². The van der Waals surface area contributed by atoms with Crippen LogP contribution in [0.25, 0.3) is 22.0 Å². The third-order valence-electron chi connectivity index (χ3n) is 11.5. The Morgan fingerprint density at radius 2 is 1.63 bits per heavy atom. The molecule has 2 aromatic heterocycles. The molecule has 22 heteroatoms. The summed E-state index contributed by atoms with van der Waals surface area (Å²) in [7, 11) is -5.83. The number of hydrogen-bond acceptors (Lipinski definition) is 9. The van der Waals surface area contributed by atoms with E-state index in [0.29, 0.717) is 48.5 Å². The van der Waals surface area contributed by atoms with Crippen molar-refractivity contribution in [1.29, 1.82) is 0 Å². The first-order valence-corrected chi connectivity index (χ1v) is 23.4. The second-order valence-corrected chi connectivity index (χ2v) is 22.0. The fourth-order valence-electron chi connectivity index (χ4n) is 7.77. The first kappa shape index (κ1) is 46.2. The number of sulfone groups is 1. The highest BCUT2D eigenvalue weighted by molar-refractivity contribution is 7.93. The Balaban J connectivity index is 1.36. The number of fused-ring (bicyclic) bond motifs is 1. The molecule has 0 unspecified atom stereocenters. The van der Waals surface area contributed by atoms with Crippen LogP contribution in [0.2, 0.25) is 5.02 Å². The van der Waals surface area contributed by atoms with Crippen molar-refractivity contribution in [2.45, 2.75) is 105 Å². The number of alkyl halides is 5. The number of carbonyl (C=O) groups excluding carboxylic acids is 1. The predicted octanol–water partition coefficient (Wildman–Crippen LogP) is 7.80. The van der Waals surface area contributed by atoms with Gasteiger partial charge in [-0.25, -0.2) is 25.6 Å². The number of benzene rings is 2. The molecule has 12 nitrogen and oxygen atoms in total. The summed E-state index contributed by atoms with van der Waals surface area (Å²) < 4.78 is 155. The van der Waals surface area contributed by atoms with E-state index in [1.54, 1.807) is 32.0 Å². The number of sulfonamides is 1. The lowest BCUT2D eigenvalue weighted by molar-refractivity contribution is -0.120. The van der Waals surface area contributed by atoms with Gasteiger partial charge in [-0.1, -0.05) is 23.7 Å². The van der Waals surface area contributed by atoms with E-state index in [-0.39, 0.29) is 52.3 Å². The first-order valence-electron chi connectivity index (χ1n) is 19.9. The van der Waals surface area contributed by atoms with E-state index >= 15 is 0 Å². The summed E-state index contributed by atoms with van der Waals surface area (Å²) in [5.41, 5.74) is 2.44. The topological polar surface area (TPSA) is 179 Å². The minimum absolute atomic E-state index is 0.00276. The Kier molecular flexibility index (Phi) is 12.2. The maximum Gasteiger partial charge on any atom is 0.431 e. The minimum Gasteiger partial charge on any atom is -0.394 e. The Labute approximate surface area is 363 Å². The summed E-state index contributed by atoms with van der Waals surface area (Å²) in [6.45, 7) is 2.10. The molecule has 0 spiro atoms. The molecule has 3 aliphatic rings. The molecule has 3 aliphatic carbocycles. The van der Waals surface area contributed by atoms with Crippen LogP contribution < -0.4 is 15.8 Å². The highest BCUT2D eigenvalue weighted by atomic mass is 35.5. The smallest absolute Gasteiger partial charge is 0.394 e. The number of halogens is 8. The van der Waals surface area contributed by atoms with Crippen LogP contribution in [0, 0.1) is 11.6 Å². The number of aryl methyl sites for hydroxylation is 2. The molecule has 1 atom stereocenters. The lowest BCUT2D eigenvalue weighted by atomic mass is 9.93. The van der Waals surface area contributed by atoms with Gasteiger partial charge in [-0.15, -0.1) is 0 Å². The zero-order valence-electron chi connectivity index (χ0n) is 34.1. The predicted molar refractivity (Wildman–Crippen MR) is 224 cm³/mol. The van der Waals surface area contributed by atoms with Crippen LogP contribution in [0.15, 0.2) is 58.7 Å². The van der Waals surface area contributed by atoms with Gasteiger partial charge in [0.15, 0.2) is 15.7 Å². The lowest BCUT2D eigenvalue weighted by Gasteiger charge is -2.26. The van der Waals surface area contributed by atoms with E-state index in [2.05, 4.69) is 20.1 Å². The number of anilines is 1. The number of nitrogens with two attached hydrogens (primary N) is 1. The van der Waals surface area contributed by atoms with Gasteiger partial charge in [0.05, 0.1) is 42.9 Å². The maximum absolute atomic E-state index is 14.9. The number of hydrogen-bond donors (Lipinski definition) is 3. The van der Waals surface area contributed by atoms with Crippen LogP contribution in [0.1, 0.15) is 81.8 Å². The Bertz CT molecular complexity index is 2770. The van der Waals surface area contributed by atoms with Gasteiger partial charge in [0, 0.05) is 41.9 Å². The summed E-state index contributed by atoms with van der Waals surface area (Å²) in [6.07, 6.45) is -5.10. The summed E-state index contributed by atoms with van der Waals surface area (Å²) in [4.78, 5) is 22.3. The fraction of sp³-hybridized carbons (Fsp3) is 0.463. The lowest BCUT2D eigenvalue weighted by Crippen LogP contribution is -2.35. The molecular weight excluding hydrogens is 903 g/mol. The third kappa shape index (κ3) is 9.69. The largest absolute Gasteiger partial charge is 0.431 e. The summed E-state index contributed by atoms with van der Waals surface area (Å²) >= 11 is 6.68. The van der Waals surface area contributed by atoms with Crippen LogP contribution in [-0.2, 0) is 44.5 Å². The van der Waals surface area contributed by atoms with Crippen molar-refractivity contribution < 1.29 is 52.4 Å². The number of nitrogens with one attached hydrogen (secondary N) is 2. The van der Waals surface area contributed by atoms with Crippen LogP contribution in [0.4, 0.5) is 36.6 Å². The molecule has 3 saturated carbocycles. The van der Waals surface area contributed by atoms with E-state index in [0.717, 1.165) is 12.1 Å². The Hall–Kier alpha value is -4.76. The fourth-order valence-corrected chi connectivity index (χ4v) is 11.4. The van der Waals surface area contributed by atoms with Crippen LogP contribution in [-0.4, -0.2) is 77.1 Å². The van der Waals surface area contributed by atoms with E-state index in [9.17, 15) is 52.4 Å². The van der Waals surface area contributed by atoms with E-state index < -0.39 is 107 Å². The van der Waals surface area contributed by atoms with Crippen molar-refractivity contribution in [3.05, 3.63) is 87.3 Å². The number of pyridine rings is 1. The summed E-state index contributed by atoms with van der Waals surface area (Å²) in [6, 6.07) is 7.50. The van der Waals surface area contributed by atoms with Crippen LogP contribution in [0.3, 0.4) is 0 Å². The van der Waals surface area contributed by atoms with Crippen LogP contribution >= 0.6 is 11.6 Å². The number of aliphatic imine (C=N–C) groups is 1. The SMILES string of the molecule is Cn1nc(NS(=O)(=O)C2CC2)c2c(Cl)ccc(-c3ccc(CCC(C)(C)S(=O)(=O)C4CC4)nc3[C@H](Cc3cc(F)cc(F)c3)NC(=O)CN=C3C(=C(N)C(F)(F)F)CCC3(F)F)c21. The van der Waals surface area contributed by atoms with E-state index in [1.807, 2.05) is 0 Å². The molecule has 1 amide bonds. The van der Waals surface area contributed by atoms with Gasteiger partial charge in [-0.2, -0.15) is 27.1 Å². The van der Waals surface area contributed by atoms with Crippen molar-refractivity contribution in [2.75, 3.05) is 11.3 Å². The van der Waals surface area contributed by atoms with Gasteiger partial charge >= 0.3 is 6.18 Å². The zero-order valence-corrected chi connectivity index (χ0v) is 36.5. The zero-order chi connectivity index (χ0) is 46.0.